The number of halogens is 1. The van der Waals surface area contributed by atoms with E-state index in [1.165, 1.54) is 12.3 Å². The molecule has 0 saturated carbocycles. The van der Waals surface area contributed by atoms with Crippen LogP contribution >= 0.6 is 11.6 Å². The van der Waals surface area contributed by atoms with Gasteiger partial charge < -0.3 is 4.42 Å². The van der Waals surface area contributed by atoms with Crippen LogP contribution in [0, 0.1) is 0 Å². The predicted octanol–water partition coefficient (Wildman–Crippen LogP) is 2.57. The second kappa shape index (κ2) is 4.33. The molecule has 0 N–H and O–H groups in total. The van der Waals surface area contributed by atoms with Gasteiger partial charge in [0.05, 0.1) is 10.9 Å². The number of hydrogen-bond donors (Lipinski definition) is 0. The Bertz CT molecular complexity index is 625. The van der Waals surface area contributed by atoms with Crippen LogP contribution in [0.2, 0.25) is 0 Å². The van der Waals surface area contributed by atoms with Crippen molar-refractivity contribution in [3.8, 4) is 0 Å². The van der Waals surface area contributed by atoms with E-state index in [0.29, 0.717) is 16.5 Å². The summed E-state index contributed by atoms with van der Waals surface area (Å²) >= 11 is 5.14. The first-order chi connectivity index (χ1) is 7.68. The molecule has 0 amide bonds. The molecule has 80 valence electrons. The van der Waals surface area contributed by atoms with Crippen molar-refractivity contribution in [2.75, 3.05) is 0 Å². The lowest BCUT2D eigenvalue weighted by molar-refractivity contribution is -0.107. The lowest BCUT2D eigenvalue weighted by Crippen LogP contribution is -2.04. The van der Waals surface area contributed by atoms with Crippen molar-refractivity contribution in [3.05, 3.63) is 52.4 Å². The SMILES string of the molecule is O=C(Cl)/C=C/c1coc2ccccc2c1=O. The summed E-state index contributed by atoms with van der Waals surface area (Å²) in [6, 6.07) is 6.90. The van der Waals surface area contributed by atoms with Crippen LogP contribution in [0.15, 0.2) is 45.8 Å². The van der Waals surface area contributed by atoms with Gasteiger partial charge in [0, 0.05) is 0 Å². The van der Waals surface area contributed by atoms with E-state index < -0.39 is 5.24 Å². The molecule has 0 aliphatic heterocycles. The monoisotopic (exact) mass is 234 g/mol. The molecule has 0 fully saturated rings. The normalized spacial score (nSPS) is 11.1. The minimum Gasteiger partial charge on any atom is -0.463 e. The Morgan fingerprint density at radius 2 is 2.06 bits per heavy atom. The first kappa shape index (κ1) is 10.6. The van der Waals surface area contributed by atoms with Crippen molar-refractivity contribution < 1.29 is 9.21 Å². The summed E-state index contributed by atoms with van der Waals surface area (Å²) in [5.74, 6) is 0. The summed E-state index contributed by atoms with van der Waals surface area (Å²) in [7, 11) is 0. The van der Waals surface area contributed by atoms with E-state index in [4.69, 9.17) is 16.0 Å². The number of para-hydroxylation sites is 1. The van der Waals surface area contributed by atoms with E-state index in [0.717, 1.165) is 6.08 Å². The van der Waals surface area contributed by atoms with Gasteiger partial charge >= 0.3 is 0 Å². The smallest absolute Gasteiger partial charge is 0.245 e. The third kappa shape index (κ3) is 2.04. The molecule has 0 unspecified atom stereocenters. The summed E-state index contributed by atoms with van der Waals surface area (Å²) < 4.78 is 5.25. The van der Waals surface area contributed by atoms with E-state index in [-0.39, 0.29) is 5.43 Å². The Kier molecular flexibility index (Phi) is 2.88. The van der Waals surface area contributed by atoms with Crippen molar-refractivity contribution in [2.24, 2.45) is 0 Å². The van der Waals surface area contributed by atoms with Crippen LogP contribution in [0.5, 0.6) is 0 Å². The van der Waals surface area contributed by atoms with Gasteiger partial charge in [-0.25, -0.2) is 0 Å². The van der Waals surface area contributed by atoms with E-state index in [9.17, 15) is 9.59 Å². The highest BCUT2D eigenvalue weighted by atomic mass is 35.5. The zero-order valence-electron chi connectivity index (χ0n) is 8.14. The van der Waals surface area contributed by atoms with E-state index >= 15 is 0 Å². The molecular weight excluding hydrogens is 228 g/mol. The minimum atomic E-state index is -0.632. The Labute approximate surface area is 95.9 Å². The van der Waals surface area contributed by atoms with Gasteiger partial charge in [-0.2, -0.15) is 0 Å². The lowest BCUT2D eigenvalue weighted by atomic mass is 10.1. The summed E-state index contributed by atoms with van der Waals surface area (Å²) in [4.78, 5) is 22.4. The molecule has 0 bridgehead atoms. The first-order valence-electron chi connectivity index (χ1n) is 4.56. The molecule has 2 aromatic rings. The van der Waals surface area contributed by atoms with Crippen LogP contribution < -0.4 is 5.43 Å². The van der Waals surface area contributed by atoms with Crippen molar-refractivity contribution in [1.29, 1.82) is 0 Å². The minimum absolute atomic E-state index is 0.184. The molecule has 1 aromatic carbocycles. The van der Waals surface area contributed by atoms with Crippen LogP contribution in [-0.4, -0.2) is 5.24 Å². The highest BCUT2D eigenvalue weighted by molar-refractivity contribution is 6.66. The maximum atomic E-state index is 11.9. The Hall–Kier alpha value is -1.87. The largest absolute Gasteiger partial charge is 0.463 e. The third-order valence-electron chi connectivity index (χ3n) is 2.10. The molecule has 0 radical (unpaired) electrons. The third-order valence-corrected chi connectivity index (χ3v) is 2.23. The average molecular weight is 235 g/mol. The van der Waals surface area contributed by atoms with Gasteiger partial charge in [0.2, 0.25) is 5.24 Å². The molecule has 16 heavy (non-hydrogen) atoms. The molecule has 0 aliphatic carbocycles. The number of hydrogen-bond acceptors (Lipinski definition) is 3. The first-order valence-corrected chi connectivity index (χ1v) is 4.94. The number of benzene rings is 1. The van der Waals surface area contributed by atoms with E-state index in [2.05, 4.69) is 0 Å². The average Bonchev–Trinajstić information content (AvgIpc) is 2.28. The molecule has 0 atom stereocenters. The Morgan fingerprint density at radius 1 is 1.31 bits per heavy atom. The van der Waals surface area contributed by atoms with E-state index in [1.807, 2.05) is 0 Å². The fourth-order valence-corrected chi connectivity index (χ4v) is 1.43. The van der Waals surface area contributed by atoms with Crippen LogP contribution in [0.4, 0.5) is 0 Å². The molecule has 0 saturated heterocycles. The second-order valence-corrected chi connectivity index (χ2v) is 3.53. The number of allylic oxidation sites excluding steroid dienone is 1. The maximum Gasteiger partial charge on any atom is 0.245 e. The maximum absolute atomic E-state index is 11.9. The predicted molar refractivity (Wildman–Crippen MR) is 62.4 cm³/mol. The molecule has 1 aromatic heterocycles. The standard InChI is InChI=1S/C12H7ClO3/c13-11(14)6-5-8-7-16-10-4-2-1-3-9(10)12(8)15/h1-7H/b6-5+. The van der Waals surface area contributed by atoms with Gasteiger partial charge in [-0.05, 0) is 35.9 Å². The van der Waals surface area contributed by atoms with Crippen LogP contribution in [-0.2, 0) is 4.79 Å². The lowest BCUT2D eigenvalue weighted by Gasteiger charge is -1.96. The summed E-state index contributed by atoms with van der Waals surface area (Å²) in [6.45, 7) is 0. The second-order valence-electron chi connectivity index (χ2n) is 3.15. The van der Waals surface area contributed by atoms with Gasteiger partial charge in [-0.15, -0.1) is 0 Å². The fraction of sp³-hybridized carbons (Fsp3) is 0. The van der Waals surface area contributed by atoms with Gasteiger partial charge in [-0.3, -0.25) is 9.59 Å². The van der Waals surface area contributed by atoms with Crippen LogP contribution in [0.25, 0.3) is 17.0 Å². The molecule has 0 spiro atoms. The van der Waals surface area contributed by atoms with Crippen molar-refractivity contribution in [2.45, 2.75) is 0 Å². The molecule has 0 aliphatic rings. The Balaban J connectivity index is 2.61. The summed E-state index contributed by atoms with van der Waals surface area (Å²) in [5.41, 5.74) is 0.630. The van der Waals surface area contributed by atoms with Crippen molar-refractivity contribution >= 4 is 33.9 Å². The summed E-state index contributed by atoms with van der Waals surface area (Å²) in [6.07, 6.45) is 3.76. The molecule has 4 heteroatoms. The van der Waals surface area contributed by atoms with Crippen molar-refractivity contribution in [1.82, 2.24) is 0 Å². The van der Waals surface area contributed by atoms with Crippen LogP contribution in [0.3, 0.4) is 0 Å². The number of fused-ring (bicyclic) bond motifs is 1. The number of rotatable bonds is 2. The van der Waals surface area contributed by atoms with Crippen molar-refractivity contribution in [3.63, 3.8) is 0 Å². The zero-order valence-corrected chi connectivity index (χ0v) is 8.90. The van der Waals surface area contributed by atoms with E-state index in [1.54, 1.807) is 24.3 Å². The van der Waals surface area contributed by atoms with Gasteiger partial charge in [0.15, 0.2) is 5.43 Å². The molecule has 2 rings (SSSR count). The number of carbonyl (C=O) groups excluding carboxylic acids is 1. The summed E-state index contributed by atoms with van der Waals surface area (Å²) in [5, 5.41) is -0.153. The molecule has 3 nitrogen and oxygen atoms in total. The van der Waals surface area contributed by atoms with Gasteiger partial charge in [-0.1, -0.05) is 12.1 Å². The highest BCUT2D eigenvalue weighted by Crippen LogP contribution is 2.11. The highest BCUT2D eigenvalue weighted by Gasteiger charge is 2.03. The zero-order chi connectivity index (χ0) is 11.5. The quantitative estimate of drug-likeness (QED) is 0.593. The van der Waals surface area contributed by atoms with Gasteiger partial charge in [0.25, 0.3) is 0 Å². The fourth-order valence-electron chi connectivity index (χ4n) is 1.36. The molecule has 1 heterocycles. The molecular formula is C12H7ClO3. The Morgan fingerprint density at radius 3 is 2.81 bits per heavy atom. The van der Waals surface area contributed by atoms with Crippen LogP contribution in [0.1, 0.15) is 5.56 Å². The van der Waals surface area contributed by atoms with Gasteiger partial charge in [0.1, 0.15) is 11.8 Å². The topological polar surface area (TPSA) is 47.3 Å². The number of carbonyl (C=O) groups is 1.